The highest BCUT2D eigenvalue weighted by Gasteiger charge is 2.25. The number of hydrogen-bond acceptors (Lipinski definition) is 4. The molecule has 0 amide bonds. The normalized spacial score (nSPS) is 22.6. The Hall–Kier alpha value is -0.810. The summed E-state index contributed by atoms with van der Waals surface area (Å²) in [5, 5.41) is 14.0. The van der Waals surface area contributed by atoms with Crippen LogP contribution < -0.4 is 10.2 Å². The van der Waals surface area contributed by atoms with Crippen LogP contribution in [0.2, 0.25) is 5.02 Å². The van der Waals surface area contributed by atoms with E-state index in [1.807, 2.05) is 12.1 Å². The van der Waals surface area contributed by atoms with Crippen molar-refractivity contribution in [2.24, 2.45) is 5.92 Å². The Bertz CT molecular complexity index is 456. The van der Waals surface area contributed by atoms with Gasteiger partial charge in [-0.15, -0.1) is 0 Å². The van der Waals surface area contributed by atoms with Gasteiger partial charge in [-0.25, -0.2) is 0 Å². The van der Waals surface area contributed by atoms with Gasteiger partial charge in [0.05, 0.1) is 12.7 Å². The lowest BCUT2D eigenvalue weighted by Gasteiger charge is -2.37. The molecule has 1 aromatic rings. The molecule has 0 radical (unpaired) electrons. The number of ether oxygens (including phenoxy) is 1. The first kappa shape index (κ1) is 16.6. The van der Waals surface area contributed by atoms with Crippen LogP contribution in [0.5, 0.6) is 0 Å². The quantitative estimate of drug-likeness (QED) is 0.791. The predicted molar refractivity (Wildman–Crippen MR) is 87.0 cm³/mol. The van der Waals surface area contributed by atoms with Gasteiger partial charge in [0.25, 0.3) is 0 Å². The van der Waals surface area contributed by atoms with Crippen molar-refractivity contribution in [3.63, 3.8) is 0 Å². The van der Waals surface area contributed by atoms with Gasteiger partial charge >= 0.3 is 0 Å². The van der Waals surface area contributed by atoms with E-state index >= 15 is 0 Å². The third-order valence-electron chi connectivity index (χ3n) is 4.04. The SMILES string of the molecule is COCCNCc1cc(Cl)ccc1N1CCC(O)C(C)C1. The van der Waals surface area contributed by atoms with Crippen molar-refractivity contribution < 1.29 is 9.84 Å². The van der Waals surface area contributed by atoms with Gasteiger partial charge in [-0.2, -0.15) is 0 Å². The lowest BCUT2D eigenvalue weighted by Crippen LogP contribution is -2.42. The molecule has 0 spiro atoms. The maximum Gasteiger partial charge on any atom is 0.0599 e. The maximum atomic E-state index is 9.88. The molecule has 0 bridgehead atoms. The minimum absolute atomic E-state index is 0.183. The monoisotopic (exact) mass is 312 g/mol. The number of halogens is 1. The van der Waals surface area contributed by atoms with Crippen LogP contribution in [0.25, 0.3) is 0 Å². The molecule has 1 aromatic carbocycles. The molecule has 2 atom stereocenters. The van der Waals surface area contributed by atoms with Gasteiger partial charge in [-0.3, -0.25) is 0 Å². The largest absolute Gasteiger partial charge is 0.393 e. The molecule has 0 aromatic heterocycles. The first-order valence-electron chi connectivity index (χ1n) is 7.53. The predicted octanol–water partition coefficient (Wildman–Crippen LogP) is 2.28. The van der Waals surface area contributed by atoms with Crippen molar-refractivity contribution in [3.05, 3.63) is 28.8 Å². The Balaban J connectivity index is 2.07. The third kappa shape index (κ3) is 4.58. The van der Waals surface area contributed by atoms with Crippen molar-refractivity contribution in [1.29, 1.82) is 0 Å². The Labute approximate surface area is 132 Å². The number of benzene rings is 1. The van der Waals surface area contributed by atoms with Gasteiger partial charge < -0.3 is 20.1 Å². The molecule has 21 heavy (non-hydrogen) atoms. The van der Waals surface area contributed by atoms with Crippen LogP contribution in [0.4, 0.5) is 5.69 Å². The summed E-state index contributed by atoms with van der Waals surface area (Å²) in [6.45, 7) is 6.16. The van der Waals surface area contributed by atoms with Gasteiger partial charge in [-0.05, 0) is 36.1 Å². The zero-order chi connectivity index (χ0) is 15.2. The second kappa shape index (κ2) is 7.99. The fourth-order valence-electron chi connectivity index (χ4n) is 2.75. The number of piperidine rings is 1. The number of nitrogens with zero attached hydrogens (tertiary/aromatic N) is 1. The fourth-order valence-corrected chi connectivity index (χ4v) is 2.95. The minimum Gasteiger partial charge on any atom is -0.393 e. The van der Waals surface area contributed by atoms with E-state index in [2.05, 4.69) is 23.2 Å². The van der Waals surface area contributed by atoms with Crippen molar-refractivity contribution in [3.8, 4) is 0 Å². The lowest BCUT2D eigenvalue weighted by molar-refractivity contribution is 0.0970. The zero-order valence-corrected chi connectivity index (χ0v) is 13.6. The molecule has 4 nitrogen and oxygen atoms in total. The van der Waals surface area contributed by atoms with Gasteiger partial charge in [0.15, 0.2) is 0 Å². The van der Waals surface area contributed by atoms with Crippen LogP contribution in [0, 0.1) is 5.92 Å². The molecule has 2 unspecified atom stereocenters. The Morgan fingerprint density at radius 2 is 2.29 bits per heavy atom. The summed E-state index contributed by atoms with van der Waals surface area (Å²) in [6.07, 6.45) is 0.636. The fraction of sp³-hybridized carbons (Fsp3) is 0.625. The molecule has 1 fully saturated rings. The van der Waals surface area contributed by atoms with E-state index in [9.17, 15) is 5.11 Å². The van der Waals surface area contributed by atoms with E-state index in [-0.39, 0.29) is 6.10 Å². The highest BCUT2D eigenvalue weighted by Crippen LogP contribution is 2.28. The third-order valence-corrected chi connectivity index (χ3v) is 4.28. The average molecular weight is 313 g/mol. The van der Waals surface area contributed by atoms with Crippen LogP contribution in [-0.2, 0) is 11.3 Å². The maximum absolute atomic E-state index is 9.88. The molecule has 2 rings (SSSR count). The van der Waals surface area contributed by atoms with E-state index in [1.165, 1.54) is 11.3 Å². The van der Waals surface area contributed by atoms with E-state index in [4.69, 9.17) is 16.3 Å². The van der Waals surface area contributed by atoms with Gasteiger partial charge in [0, 0.05) is 44.0 Å². The minimum atomic E-state index is -0.183. The standard InChI is InChI=1S/C16H25ClN2O2/c1-12-11-19(7-5-16(12)20)15-4-3-14(17)9-13(15)10-18-6-8-21-2/h3-4,9,12,16,18,20H,5-8,10-11H2,1-2H3. The smallest absolute Gasteiger partial charge is 0.0599 e. The molecule has 1 saturated heterocycles. The summed E-state index contributed by atoms with van der Waals surface area (Å²) in [7, 11) is 1.70. The van der Waals surface area contributed by atoms with E-state index in [0.717, 1.165) is 37.6 Å². The summed E-state index contributed by atoms with van der Waals surface area (Å²) >= 11 is 6.14. The van der Waals surface area contributed by atoms with E-state index < -0.39 is 0 Å². The highest BCUT2D eigenvalue weighted by atomic mass is 35.5. The number of methoxy groups -OCH3 is 1. The summed E-state index contributed by atoms with van der Waals surface area (Å²) in [5.41, 5.74) is 2.41. The van der Waals surface area contributed by atoms with Gasteiger partial charge in [0.1, 0.15) is 0 Å². The molecular formula is C16H25ClN2O2. The summed E-state index contributed by atoms with van der Waals surface area (Å²) in [6, 6.07) is 6.04. The number of nitrogens with one attached hydrogen (secondary N) is 1. The highest BCUT2D eigenvalue weighted by molar-refractivity contribution is 6.30. The van der Waals surface area contributed by atoms with Crippen LogP contribution >= 0.6 is 11.6 Å². The second-order valence-electron chi connectivity index (χ2n) is 5.72. The molecular weight excluding hydrogens is 288 g/mol. The molecule has 1 aliphatic heterocycles. The van der Waals surface area contributed by atoms with Crippen LogP contribution in [-0.4, -0.2) is 44.6 Å². The van der Waals surface area contributed by atoms with E-state index in [0.29, 0.717) is 12.5 Å². The van der Waals surface area contributed by atoms with Crippen LogP contribution in [0.3, 0.4) is 0 Å². The Morgan fingerprint density at radius 1 is 1.48 bits per heavy atom. The second-order valence-corrected chi connectivity index (χ2v) is 6.16. The van der Waals surface area contributed by atoms with Gasteiger partial charge in [0.2, 0.25) is 0 Å². The molecule has 5 heteroatoms. The molecule has 1 heterocycles. The topological polar surface area (TPSA) is 44.7 Å². The molecule has 118 valence electrons. The number of aliphatic hydroxyl groups excluding tert-OH is 1. The Kier molecular flexibility index (Phi) is 6.30. The summed E-state index contributed by atoms with van der Waals surface area (Å²) in [5.74, 6) is 0.295. The number of rotatable bonds is 6. The zero-order valence-electron chi connectivity index (χ0n) is 12.8. The van der Waals surface area contributed by atoms with Gasteiger partial charge in [-0.1, -0.05) is 18.5 Å². The number of anilines is 1. The van der Waals surface area contributed by atoms with Crippen molar-refractivity contribution >= 4 is 17.3 Å². The molecule has 0 saturated carbocycles. The average Bonchev–Trinajstić information content (AvgIpc) is 2.47. The molecule has 2 N–H and O–H groups in total. The number of aliphatic hydroxyl groups is 1. The molecule has 1 aliphatic rings. The van der Waals surface area contributed by atoms with Crippen LogP contribution in [0.15, 0.2) is 18.2 Å². The summed E-state index contributed by atoms with van der Waals surface area (Å²) in [4.78, 5) is 2.35. The van der Waals surface area contributed by atoms with Crippen molar-refractivity contribution in [2.75, 3.05) is 38.3 Å². The first-order valence-corrected chi connectivity index (χ1v) is 7.90. The number of hydrogen-bond donors (Lipinski definition) is 2. The van der Waals surface area contributed by atoms with Crippen molar-refractivity contribution in [2.45, 2.75) is 26.0 Å². The van der Waals surface area contributed by atoms with E-state index in [1.54, 1.807) is 7.11 Å². The van der Waals surface area contributed by atoms with Crippen LogP contribution in [0.1, 0.15) is 18.9 Å². The molecule has 0 aliphatic carbocycles. The summed E-state index contributed by atoms with van der Waals surface area (Å²) < 4.78 is 5.05. The lowest BCUT2D eigenvalue weighted by atomic mass is 9.95. The first-order chi connectivity index (χ1) is 10.1. The van der Waals surface area contributed by atoms with Crippen molar-refractivity contribution in [1.82, 2.24) is 5.32 Å². The Morgan fingerprint density at radius 3 is 3.00 bits per heavy atom.